The number of benzene rings is 2. The molecule has 0 saturated heterocycles. The quantitative estimate of drug-likeness (QED) is 0.643. The molecule has 0 amide bonds. The first-order valence-electron chi connectivity index (χ1n) is 5.76. The highest BCUT2D eigenvalue weighted by molar-refractivity contribution is 9.10. The topological polar surface area (TPSA) is 46.0 Å². The van der Waals surface area contributed by atoms with Crippen LogP contribution in [0, 0.1) is 5.82 Å². The molecule has 0 aliphatic heterocycles. The normalized spacial score (nSPS) is 12.8. The Morgan fingerprint density at radius 1 is 1.20 bits per heavy atom. The number of hydrogen-bond acceptors (Lipinski definition) is 2. The molecule has 1 N–H and O–H groups in total. The van der Waals surface area contributed by atoms with E-state index in [0.29, 0.717) is 16.7 Å². The van der Waals surface area contributed by atoms with Gasteiger partial charge in [0.1, 0.15) is 5.82 Å². The van der Waals surface area contributed by atoms with Gasteiger partial charge in [-0.15, -0.1) is 0 Å². The Balaban J connectivity index is 2.09. The van der Waals surface area contributed by atoms with E-state index in [-0.39, 0.29) is 10.6 Å². The van der Waals surface area contributed by atoms with Gasteiger partial charge >= 0.3 is 5.76 Å². The molecule has 0 aliphatic carbocycles. The maximum Gasteiger partial charge on any atom is 0.417 e. The SMILES string of the molecule is O=c1[nH]c2ccc(C(Br)c3cc(Br)ccc3F)cc2o1. The van der Waals surface area contributed by atoms with Crippen molar-refractivity contribution in [2.75, 3.05) is 0 Å². The first kappa shape index (κ1) is 13.6. The van der Waals surface area contributed by atoms with Crippen LogP contribution < -0.4 is 5.76 Å². The fraction of sp³-hybridized carbons (Fsp3) is 0.0714. The van der Waals surface area contributed by atoms with Gasteiger partial charge in [0.15, 0.2) is 5.58 Å². The van der Waals surface area contributed by atoms with Crippen LogP contribution in [0.15, 0.2) is 50.1 Å². The summed E-state index contributed by atoms with van der Waals surface area (Å²) >= 11 is 6.81. The lowest BCUT2D eigenvalue weighted by molar-refractivity contribution is 0.555. The van der Waals surface area contributed by atoms with Crippen LogP contribution in [0.1, 0.15) is 16.0 Å². The lowest BCUT2D eigenvalue weighted by Crippen LogP contribution is -1.96. The van der Waals surface area contributed by atoms with Crippen molar-refractivity contribution in [2.24, 2.45) is 0 Å². The average Bonchev–Trinajstić information content (AvgIpc) is 2.79. The Bertz CT molecular complexity index is 841. The second-order valence-electron chi connectivity index (χ2n) is 4.30. The monoisotopic (exact) mass is 399 g/mol. The van der Waals surface area contributed by atoms with Crippen molar-refractivity contribution in [1.29, 1.82) is 0 Å². The van der Waals surface area contributed by atoms with Crippen molar-refractivity contribution in [1.82, 2.24) is 4.98 Å². The molecule has 1 aromatic heterocycles. The predicted molar refractivity (Wildman–Crippen MR) is 81.7 cm³/mol. The number of fused-ring (bicyclic) bond motifs is 1. The minimum Gasteiger partial charge on any atom is -0.408 e. The van der Waals surface area contributed by atoms with E-state index in [1.807, 2.05) is 6.07 Å². The zero-order chi connectivity index (χ0) is 14.3. The van der Waals surface area contributed by atoms with Crippen LogP contribution in [0.4, 0.5) is 4.39 Å². The smallest absolute Gasteiger partial charge is 0.408 e. The van der Waals surface area contributed by atoms with Gasteiger partial charge in [-0.1, -0.05) is 37.9 Å². The van der Waals surface area contributed by atoms with Crippen LogP contribution in [0.3, 0.4) is 0 Å². The molecule has 1 heterocycles. The van der Waals surface area contributed by atoms with Gasteiger partial charge in [-0.3, -0.25) is 4.98 Å². The van der Waals surface area contributed by atoms with E-state index in [0.717, 1.165) is 10.0 Å². The number of aromatic amines is 1. The summed E-state index contributed by atoms with van der Waals surface area (Å²) in [5.41, 5.74) is 2.38. The Kier molecular flexibility index (Phi) is 3.52. The molecule has 20 heavy (non-hydrogen) atoms. The highest BCUT2D eigenvalue weighted by Gasteiger charge is 2.16. The van der Waals surface area contributed by atoms with E-state index in [1.54, 1.807) is 24.3 Å². The number of rotatable bonds is 2. The van der Waals surface area contributed by atoms with Crippen LogP contribution >= 0.6 is 31.9 Å². The Morgan fingerprint density at radius 2 is 2.00 bits per heavy atom. The third kappa shape index (κ3) is 2.45. The van der Waals surface area contributed by atoms with E-state index in [1.165, 1.54) is 6.07 Å². The van der Waals surface area contributed by atoms with E-state index in [4.69, 9.17) is 4.42 Å². The fourth-order valence-electron chi connectivity index (χ4n) is 2.01. The molecule has 3 aromatic rings. The van der Waals surface area contributed by atoms with E-state index < -0.39 is 5.76 Å². The molecular formula is C14H8Br2FNO2. The standard InChI is InChI=1S/C14H8Br2FNO2/c15-8-2-3-10(17)9(6-8)13(16)7-1-4-11-12(5-7)20-14(19)18-11/h1-6,13H,(H,18,19). The van der Waals surface area contributed by atoms with E-state index in [2.05, 4.69) is 36.8 Å². The summed E-state index contributed by atoms with van der Waals surface area (Å²) in [6.45, 7) is 0. The van der Waals surface area contributed by atoms with Gasteiger partial charge in [-0.2, -0.15) is 0 Å². The third-order valence-electron chi connectivity index (χ3n) is 2.97. The highest BCUT2D eigenvalue weighted by atomic mass is 79.9. The third-order valence-corrected chi connectivity index (χ3v) is 4.48. The number of nitrogens with one attached hydrogen (secondary N) is 1. The molecule has 0 bridgehead atoms. The molecule has 0 radical (unpaired) electrons. The van der Waals surface area contributed by atoms with Crippen molar-refractivity contribution in [2.45, 2.75) is 4.83 Å². The van der Waals surface area contributed by atoms with Crippen LogP contribution in [0.25, 0.3) is 11.1 Å². The number of hydrogen-bond donors (Lipinski definition) is 1. The second kappa shape index (κ2) is 5.18. The zero-order valence-corrected chi connectivity index (χ0v) is 13.2. The lowest BCUT2D eigenvalue weighted by Gasteiger charge is -2.12. The number of halogens is 3. The zero-order valence-electron chi connectivity index (χ0n) is 9.99. The molecule has 6 heteroatoms. The molecule has 0 aliphatic rings. The lowest BCUT2D eigenvalue weighted by atomic mass is 10.0. The largest absolute Gasteiger partial charge is 0.417 e. The van der Waals surface area contributed by atoms with E-state index >= 15 is 0 Å². The number of H-pyrrole nitrogens is 1. The summed E-state index contributed by atoms with van der Waals surface area (Å²) in [5.74, 6) is -0.803. The van der Waals surface area contributed by atoms with Gasteiger partial charge in [-0.25, -0.2) is 9.18 Å². The molecule has 0 spiro atoms. The summed E-state index contributed by atoms with van der Waals surface area (Å²) in [6, 6.07) is 10.0. The van der Waals surface area contributed by atoms with Crippen molar-refractivity contribution in [3.05, 3.63) is 68.4 Å². The van der Waals surface area contributed by atoms with Crippen LogP contribution in [0.2, 0.25) is 0 Å². The maximum absolute atomic E-state index is 13.9. The second-order valence-corrected chi connectivity index (χ2v) is 6.13. The molecule has 2 aromatic carbocycles. The van der Waals surface area contributed by atoms with Crippen molar-refractivity contribution >= 4 is 43.0 Å². The summed E-state index contributed by atoms with van der Waals surface area (Å²) in [5, 5.41) is 0. The molecular weight excluding hydrogens is 393 g/mol. The van der Waals surface area contributed by atoms with Gasteiger partial charge in [0, 0.05) is 10.0 Å². The fourth-order valence-corrected chi connectivity index (χ4v) is 3.02. The summed E-state index contributed by atoms with van der Waals surface area (Å²) in [6.07, 6.45) is 0. The highest BCUT2D eigenvalue weighted by Crippen LogP contribution is 2.34. The van der Waals surface area contributed by atoms with Crippen molar-refractivity contribution in [3.63, 3.8) is 0 Å². The van der Waals surface area contributed by atoms with Gasteiger partial charge in [0.05, 0.1) is 10.3 Å². The molecule has 1 unspecified atom stereocenters. The number of aromatic nitrogens is 1. The summed E-state index contributed by atoms with van der Waals surface area (Å²) < 4.78 is 19.7. The van der Waals surface area contributed by atoms with Gasteiger partial charge in [-0.05, 0) is 35.9 Å². The first-order valence-corrected chi connectivity index (χ1v) is 7.47. The van der Waals surface area contributed by atoms with Crippen LogP contribution in [-0.2, 0) is 0 Å². The first-order chi connectivity index (χ1) is 9.54. The Morgan fingerprint density at radius 3 is 2.80 bits per heavy atom. The minimum absolute atomic E-state index is 0.300. The van der Waals surface area contributed by atoms with Crippen molar-refractivity contribution < 1.29 is 8.81 Å². The van der Waals surface area contributed by atoms with Gasteiger partial charge < -0.3 is 4.42 Å². The van der Waals surface area contributed by atoms with E-state index in [9.17, 15) is 9.18 Å². The summed E-state index contributed by atoms with van der Waals surface area (Å²) in [7, 11) is 0. The molecule has 1 atom stereocenters. The van der Waals surface area contributed by atoms with Gasteiger partial charge in [0.25, 0.3) is 0 Å². The average molecular weight is 401 g/mol. The van der Waals surface area contributed by atoms with Gasteiger partial charge in [0.2, 0.25) is 0 Å². The molecule has 102 valence electrons. The Hall–Kier alpha value is -1.40. The molecule has 3 rings (SSSR count). The molecule has 0 saturated carbocycles. The Labute approximate surface area is 130 Å². The maximum atomic E-state index is 13.9. The molecule has 0 fully saturated rings. The number of oxazole rings is 1. The minimum atomic E-state index is -0.503. The number of alkyl halides is 1. The molecule has 3 nitrogen and oxygen atoms in total. The van der Waals surface area contributed by atoms with Crippen LogP contribution in [-0.4, -0.2) is 4.98 Å². The van der Waals surface area contributed by atoms with Crippen LogP contribution in [0.5, 0.6) is 0 Å². The van der Waals surface area contributed by atoms with Crippen molar-refractivity contribution in [3.8, 4) is 0 Å². The summed E-state index contributed by atoms with van der Waals surface area (Å²) in [4.78, 5) is 13.4. The predicted octanol–water partition coefficient (Wildman–Crippen LogP) is 4.51.